The predicted molar refractivity (Wildman–Crippen MR) is 51.4 cm³/mol. The van der Waals surface area contributed by atoms with Crippen LogP contribution in [0.3, 0.4) is 0 Å². The highest BCUT2D eigenvalue weighted by molar-refractivity contribution is 4.50. The SMILES string of the molecule is COCCCCCCC(C)OC. The lowest BCUT2D eigenvalue weighted by Gasteiger charge is -2.08. The van der Waals surface area contributed by atoms with Gasteiger partial charge >= 0.3 is 0 Å². The first-order valence-electron chi connectivity index (χ1n) is 4.83. The van der Waals surface area contributed by atoms with Crippen LogP contribution in [0.5, 0.6) is 0 Å². The summed E-state index contributed by atoms with van der Waals surface area (Å²) in [6, 6.07) is 0. The fraction of sp³-hybridized carbons (Fsp3) is 1.00. The quantitative estimate of drug-likeness (QED) is 0.527. The van der Waals surface area contributed by atoms with Crippen molar-refractivity contribution in [3.8, 4) is 0 Å². The topological polar surface area (TPSA) is 18.5 Å². The van der Waals surface area contributed by atoms with Gasteiger partial charge in [0.25, 0.3) is 0 Å². The third-order valence-electron chi connectivity index (χ3n) is 2.11. The van der Waals surface area contributed by atoms with Crippen LogP contribution in [-0.4, -0.2) is 26.9 Å². The second-order valence-electron chi connectivity index (χ2n) is 3.24. The van der Waals surface area contributed by atoms with Crippen molar-refractivity contribution in [2.24, 2.45) is 0 Å². The second kappa shape index (κ2) is 9.01. The van der Waals surface area contributed by atoms with Crippen LogP contribution in [0.25, 0.3) is 0 Å². The molecule has 0 fully saturated rings. The number of ether oxygens (including phenoxy) is 2. The number of unbranched alkanes of at least 4 members (excludes halogenated alkanes) is 3. The minimum absolute atomic E-state index is 0.424. The average Bonchev–Trinajstić information content (AvgIpc) is 2.10. The van der Waals surface area contributed by atoms with Crippen molar-refractivity contribution in [2.75, 3.05) is 20.8 Å². The van der Waals surface area contributed by atoms with Gasteiger partial charge in [-0.25, -0.2) is 0 Å². The lowest BCUT2D eigenvalue weighted by Crippen LogP contribution is -2.03. The van der Waals surface area contributed by atoms with E-state index >= 15 is 0 Å². The van der Waals surface area contributed by atoms with Crippen LogP contribution in [0.1, 0.15) is 39.0 Å². The van der Waals surface area contributed by atoms with E-state index in [1.807, 2.05) is 0 Å². The first-order chi connectivity index (χ1) is 5.81. The van der Waals surface area contributed by atoms with E-state index in [9.17, 15) is 0 Å². The zero-order valence-electron chi connectivity index (χ0n) is 8.64. The number of hydrogen-bond acceptors (Lipinski definition) is 2. The molecule has 0 spiro atoms. The van der Waals surface area contributed by atoms with Crippen molar-refractivity contribution in [1.29, 1.82) is 0 Å². The highest BCUT2D eigenvalue weighted by Gasteiger charge is 1.97. The Bertz CT molecular complexity index is 83.9. The average molecular weight is 174 g/mol. The number of hydrogen-bond donors (Lipinski definition) is 0. The minimum atomic E-state index is 0.424. The van der Waals surface area contributed by atoms with Gasteiger partial charge in [0.15, 0.2) is 0 Å². The fourth-order valence-corrected chi connectivity index (χ4v) is 1.15. The number of methoxy groups -OCH3 is 2. The summed E-state index contributed by atoms with van der Waals surface area (Å²) in [5.41, 5.74) is 0. The van der Waals surface area contributed by atoms with E-state index in [1.54, 1.807) is 14.2 Å². The molecule has 2 nitrogen and oxygen atoms in total. The Balaban J connectivity index is 2.90. The summed E-state index contributed by atoms with van der Waals surface area (Å²) >= 11 is 0. The van der Waals surface area contributed by atoms with E-state index < -0.39 is 0 Å². The van der Waals surface area contributed by atoms with Gasteiger partial charge in [0, 0.05) is 20.8 Å². The molecule has 0 aliphatic rings. The van der Waals surface area contributed by atoms with Crippen molar-refractivity contribution in [3.05, 3.63) is 0 Å². The fourth-order valence-electron chi connectivity index (χ4n) is 1.15. The highest BCUT2D eigenvalue weighted by Crippen LogP contribution is 2.06. The van der Waals surface area contributed by atoms with Crippen molar-refractivity contribution in [1.82, 2.24) is 0 Å². The Morgan fingerprint density at radius 1 is 1.00 bits per heavy atom. The largest absolute Gasteiger partial charge is 0.385 e. The van der Waals surface area contributed by atoms with Crippen LogP contribution >= 0.6 is 0 Å². The van der Waals surface area contributed by atoms with Gasteiger partial charge in [-0.15, -0.1) is 0 Å². The van der Waals surface area contributed by atoms with E-state index in [0.717, 1.165) is 6.61 Å². The summed E-state index contributed by atoms with van der Waals surface area (Å²) in [7, 11) is 3.53. The van der Waals surface area contributed by atoms with E-state index in [-0.39, 0.29) is 0 Å². The molecular formula is C10H22O2. The van der Waals surface area contributed by atoms with Crippen LogP contribution in [0, 0.1) is 0 Å². The maximum atomic E-state index is 5.15. The lowest BCUT2D eigenvalue weighted by molar-refractivity contribution is 0.108. The summed E-state index contributed by atoms with van der Waals surface area (Å²) < 4.78 is 10.1. The Hall–Kier alpha value is -0.0800. The Morgan fingerprint density at radius 3 is 2.25 bits per heavy atom. The van der Waals surface area contributed by atoms with E-state index in [2.05, 4.69) is 6.92 Å². The maximum Gasteiger partial charge on any atom is 0.0543 e. The summed E-state index contributed by atoms with van der Waals surface area (Å²) in [5.74, 6) is 0. The van der Waals surface area contributed by atoms with Gasteiger partial charge in [-0.05, 0) is 19.8 Å². The monoisotopic (exact) mass is 174 g/mol. The molecule has 1 unspecified atom stereocenters. The van der Waals surface area contributed by atoms with E-state index in [0.29, 0.717) is 6.10 Å². The van der Waals surface area contributed by atoms with E-state index in [4.69, 9.17) is 9.47 Å². The first kappa shape index (κ1) is 11.9. The van der Waals surface area contributed by atoms with Crippen LogP contribution < -0.4 is 0 Å². The third kappa shape index (κ3) is 8.02. The molecule has 0 aliphatic heterocycles. The van der Waals surface area contributed by atoms with Gasteiger partial charge in [-0.1, -0.05) is 19.3 Å². The molecule has 74 valence electrons. The van der Waals surface area contributed by atoms with Crippen LogP contribution in [0.2, 0.25) is 0 Å². The second-order valence-corrected chi connectivity index (χ2v) is 3.24. The molecule has 1 atom stereocenters. The van der Waals surface area contributed by atoms with Crippen molar-refractivity contribution in [3.63, 3.8) is 0 Å². The predicted octanol–water partition coefficient (Wildman–Crippen LogP) is 2.62. The van der Waals surface area contributed by atoms with Crippen molar-refractivity contribution < 1.29 is 9.47 Å². The molecule has 0 rings (SSSR count). The molecular weight excluding hydrogens is 152 g/mol. The van der Waals surface area contributed by atoms with Gasteiger partial charge in [0.2, 0.25) is 0 Å². The molecule has 0 N–H and O–H groups in total. The molecule has 0 aliphatic carbocycles. The summed E-state index contributed by atoms with van der Waals surface area (Å²) in [6.45, 7) is 3.02. The molecule has 0 amide bonds. The van der Waals surface area contributed by atoms with Crippen molar-refractivity contribution >= 4 is 0 Å². The van der Waals surface area contributed by atoms with Gasteiger partial charge in [-0.3, -0.25) is 0 Å². The standard InChI is InChI=1S/C10H22O2/c1-10(12-3)8-6-4-5-7-9-11-2/h10H,4-9H2,1-3H3. The molecule has 0 saturated carbocycles. The summed E-state index contributed by atoms with van der Waals surface area (Å²) in [4.78, 5) is 0. The third-order valence-corrected chi connectivity index (χ3v) is 2.11. The van der Waals surface area contributed by atoms with Crippen molar-refractivity contribution in [2.45, 2.75) is 45.1 Å². The molecule has 0 aromatic rings. The molecule has 2 heteroatoms. The molecule has 0 heterocycles. The van der Waals surface area contributed by atoms with Gasteiger partial charge in [0.1, 0.15) is 0 Å². The lowest BCUT2D eigenvalue weighted by atomic mass is 10.1. The Kier molecular flexibility index (Phi) is 8.95. The zero-order valence-corrected chi connectivity index (χ0v) is 8.64. The number of rotatable bonds is 8. The molecule has 0 aromatic carbocycles. The molecule has 0 radical (unpaired) electrons. The van der Waals surface area contributed by atoms with Gasteiger partial charge in [-0.2, -0.15) is 0 Å². The Morgan fingerprint density at radius 2 is 1.67 bits per heavy atom. The first-order valence-corrected chi connectivity index (χ1v) is 4.83. The normalized spacial score (nSPS) is 13.2. The van der Waals surface area contributed by atoms with Crippen LogP contribution in [0.15, 0.2) is 0 Å². The zero-order chi connectivity index (χ0) is 9.23. The smallest absolute Gasteiger partial charge is 0.0543 e. The Labute approximate surface area is 76.3 Å². The minimum Gasteiger partial charge on any atom is -0.385 e. The highest BCUT2D eigenvalue weighted by atomic mass is 16.5. The maximum absolute atomic E-state index is 5.15. The van der Waals surface area contributed by atoms with E-state index in [1.165, 1.54) is 32.1 Å². The molecule has 12 heavy (non-hydrogen) atoms. The van der Waals surface area contributed by atoms with Gasteiger partial charge in [0.05, 0.1) is 6.10 Å². The van der Waals surface area contributed by atoms with Crippen LogP contribution in [-0.2, 0) is 9.47 Å². The molecule has 0 aromatic heterocycles. The molecule has 0 bridgehead atoms. The molecule has 0 saturated heterocycles. The summed E-state index contributed by atoms with van der Waals surface area (Å²) in [5, 5.41) is 0. The van der Waals surface area contributed by atoms with Gasteiger partial charge < -0.3 is 9.47 Å². The summed E-state index contributed by atoms with van der Waals surface area (Å²) in [6.07, 6.45) is 6.66. The van der Waals surface area contributed by atoms with Crippen LogP contribution in [0.4, 0.5) is 0 Å².